The lowest BCUT2D eigenvalue weighted by Gasteiger charge is -2.26. The van der Waals surface area contributed by atoms with Crippen LogP contribution in [0.25, 0.3) is 83.9 Å². The molecule has 2 heterocycles. The molecule has 4 heteroatoms. The minimum absolute atomic E-state index is 0.155. The van der Waals surface area contributed by atoms with Gasteiger partial charge >= 0.3 is 0 Å². The van der Waals surface area contributed by atoms with E-state index in [1.807, 2.05) is 109 Å². The highest BCUT2D eigenvalue weighted by Gasteiger charge is 2.25. The van der Waals surface area contributed by atoms with Gasteiger partial charge in [-0.25, -0.2) is 4.98 Å². The lowest BCUT2D eigenvalue weighted by molar-refractivity contribution is 0.413. The van der Waals surface area contributed by atoms with Crippen LogP contribution < -0.4 is 4.74 Å². The van der Waals surface area contributed by atoms with Crippen LogP contribution in [0.15, 0.2) is 158 Å². The van der Waals surface area contributed by atoms with Gasteiger partial charge in [0.1, 0.15) is 11.6 Å². The van der Waals surface area contributed by atoms with E-state index in [0.29, 0.717) is 50.7 Å². The SMILES string of the molecule is [2H]C([2H])([2H])c1cc(-c2cc(C(C)(C)C)cc(C(C)(C)C)c2)ccc1-n1c(-c2cc(C)cc(C)c2OC)nc2c(-c3cc(-c4ccccc4)cc(-c4cc(-c5ccc(C(C([2H])([2H])[2H])(C([2H])([2H])[2H])C([2H])([2H])[2H])cc5)ccn4)c3)cccc21. The number of aryl methyl sites for hydroxylation is 3. The number of benzene rings is 7. The number of ether oxygens (including phenoxy) is 1. The first-order valence-corrected chi connectivity index (χ1v) is 23.0. The normalized spacial score (nSPS) is 15.5. The van der Waals surface area contributed by atoms with E-state index in [4.69, 9.17) is 31.2 Å². The fourth-order valence-electron chi connectivity index (χ4n) is 9.13. The molecule has 0 unspecified atom stereocenters. The number of hydrogen-bond donors (Lipinski definition) is 0. The van der Waals surface area contributed by atoms with E-state index >= 15 is 0 Å². The summed E-state index contributed by atoms with van der Waals surface area (Å²) in [5.74, 6) is 1.10. The van der Waals surface area contributed by atoms with Crippen molar-refractivity contribution in [2.24, 2.45) is 0 Å². The number of hydrogen-bond acceptors (Lipinski definition) is 3. The summed E-state index contributed by atoms with van der Waals surface area (Å²) in [5, 5.41) is 0. The molecular formula is C64H65N3O. The molecule has 342 valence electrons. The van der Waals surface area contributed by atoms with Crippen molar-refractivity contribution in [2.45, 2.75) is 99.0 Å². The van der Waals surface area contributed by atoms with Crippen molar-refractivity contribution < 1.29 is 21.2 Å². The molecule has 0 aliphatic heterocycles. The lowest BCUT2D eigenvalue weighted by Crippen LogP contribution is -2.16. The van der Waals surface area contributed by atoms with Gasteiger partial charge in [0.25, 0.3) is 0 Å². The van der Waals surface area contributed by atoms with Gasteiger partial charge in [-0.1, -0.05) is 159 Å². The number of imidazole rings is 1. The Balaban J connectivity index is 1.26. The Labute approximate surface area is 421 Å². The Kier molecular flexibility index (Phi) is 8.63. The zero-order valence-corrected chi connectivity index (χ0v) is 40.3. The molecule has 0 aliphatic rings. The molecule has 0 amide bonds. The maximum atomic E-state index is 9.15. The van der Waals surface area contributed by atoms with Crippen molar-refractivity contribution >= 4 is 11.0 Å². The summed E-state index contributed by atoms with van der Waals surface area (Å²) in [5.41, 5.74) is 10.6. The minimum Gasteiger partial charge on any atom is -0.496 e. The van der Waals surface area contributed by atoms with Crippen LogP contribution in [0.2, 0.25) is 0 Å². The van der Waals surface area contributed by atoms with Crippen molar-refractivity contribution in [2.75, 3.05) is 7.11 Å². The van der Waals surface area contributed by atoms with Crippen LogP contribution in [0.5, 0.6) is 5.75 Å². The maximum absolute atomic E-state index is 9.15. The Morgan fingerprint density at radius 2 is 1.15 bits per heavy atom. The van der Waals surface area contributed by atoms with Gasteiger partial charge in [-0.15, -0.1) is 0 Å². The van der Waals surface area contributed by atoms with E-state index in [1.165, 1.54) is 24.3 Å². The van der Waals surface area contributed by atoms with Gasteiger partial charge in [0.15, 0.2) is 0 Å². The van der Waals surface area contributed by atoms with Crippen LogP contribution in [-0.4, -0.2) is 21.6 Å². The average Bonchev–Trinajstić information content (AvgIpc) is 3.94. The highest BCUT2D eigenvalue weighted by Crippen LogP contribution is 2.43. The summed E-state index contributed by atoms with van der Waals surface area (Å²) in [7, 11) is 1.63. The summed E-state index contributed by atoms with van der Waals surface area (Å²) < 4.78 is 110. The first-order chi connectivity index (χ1) is 37.2. The summed E-state index contributed by atoms with van der Waals surface area (Å²) in [6.07, 6.45) is 1.65. The zero-order chi connectivity index (χ0) is 58.3. The molecule has 0 N–H and O–H groups in total. The zero-order valence-electron chi connectivity index (χ0n) is 52.3. The molecule has 7 aromatic carbocycles. The first-order valence-electron chi connectivity index (χ1n) is 29.0. The fourth-order valence-corrected chi connectivity index (χ4v) is 9.13. The molecule has 0 fully saturated rings. The van der Waals surface area contributed by atoms with Crippen molar-refractivity contribution in [3.05, 3.63) is 191 Å². The molecule has 2 aromatic heterocycles. The van der Waals surface area contributed by atoms with Crippen LogP contribution in [0, 0.1) is 20.7 Å². The summed E-state index contributed by atoms with van der Waals surface area (Å²) in [4.78, 5) is 10.4. The van der Waals surface area contributed by atoms with Gasteiger partial charge in [0, 0.05) is 33.8 Å². The molecule has 4 nitrogen and oxygen atoms in total. The van der Waals surface area contributed by atoms with E-state index in [0.717, 1.165) is 61.2 Å². The predicted octanol–water partition coefficient (Wildman–Crippen LogP) is 17.2. The second-order valence-corrected chi connectivity index (χ2v) is 20.1. The number of rotatable bonds is 8. The number of aromatic nitrogens is 3. The number of methoxy groups -OCH3 is 1. The third-order valence-corrected chi connectivity index (χ3v) is 12.8. The monoisotopic (exact) mass is 904 g/mol. The summed E-state index contributed by atoms with van der Waals surface area (Å²) in [6, 6.07) is 47.6. The van der Waals surface area contributed by atoms with Crippen molar-refractivity contribution in [3.63, 3.8) is 0 Å². The van der Waals surface area contributed by atoms with Crippen LogP contribution in [-0.2, 0) is 16.2 Å². The van der Waals surface area contributed by atoms with E-state index in [9.17, 15) is 0 Å². The van der Waals surface area contributed by atoms with Crippen LogP contribution >= 0.6 is 0 Å². The van der Waals surface area contributed by atoms with Gasteiger partial charge in [-0.3, -0.25) is 9.55 Å². The molecule has 0 saturated heterocycles. The lowest BCUT2D eigenvalue weighted by atomic mass is 9.79. The standard InChI is InChI=1S/C64H65N3O/c1-40-30-42(3)60(68-13)55(31-40)61-66-59-54(20-17-21-58(59)67(61)57-27-24-45(32-41(57)2)48-36-52(63(7,8)9)39-53(37-48)64(10,11)12)49-33-47(43-18-15-14-16-19-43)34-50(35-49)56-38-46(28-29-65-56)44-22-25-51(26-23-44)62(4,5)6/h14-39H,1-13H3/i2D3,4D3,5D3,6D3. The molecule has 0 atom stereocenters. The Bertz CT molecular complexity index is 3730. The Morgan fingerprint density at radius 1 is 0.500 bits per heavy atom. The quantitative estimate of drug-likeness (QED) is 0.153. The third kappa shape index (κ3) is 9.05. The van der Waals surface area contributed by atoms with Gasteiger partial charge in [0.05, 0.1) is 35.1 Å². The van der Waals surface area contributed by atoms with E-state index in [2.05, 4.69) is 65.8 Å². The highest BCUT2D eigenvalue weighted by molar-refractivity contribution is 5.98. The van der Waals surface area contributed by atoms with Crippen molar-refractivity contribution in [1.29, 1.82) is 0 Å². The van der Waals surface area contributed by atoms with Crippen LogP contribution in [0.1, 0.15) is 112 Å². The summed E-state index contributed by atoms with van der Waals surface area (Å²) >= 11 is 0. The number of fused-ring (bicyclic) bond motifs is 1. The van der Waals surface area contributed by atoms with Crippen molar-refractivity contribution in [3.8, 4) is 78.6 Å². The summed E-state index contributed by atoms with van der Waals surface area (Å²) in [6.45, 7) is 4.35. The second kappa shape index (κ2) is 17.6. The topological polar surface area (TPSA) is 39.9 Å². The third-order valence-electron chi connectivity index (χ3n) is 12.8. The first kappa shape index (κ1) is 33.4. The van der Waals surface area contributed by atoms with Gasteiger partial charge < -0.3 is 4.74 Å². The molecule has 68 heavy (non-hydrogen) atoms. The molecule has 0 spiro atoms. The molecule has 9 rings (SSSR count). The largest absolute Gasteiger partial charge is 0.496 e. The highest BCUT2D eigenvalue weighted by atomic mass is 16.5. The van der Waals surface area contributed by atoms with Crippen LogP contribution in [0.4, 0.5) is 0 Å². The minimum atomic E-state index is -3.39. The molecule has 9 aromatic rings. The van der Waals surface area contributed by atoms with Gasteiger partial charge in [-0.2, -0.15) is 0 Å². The maximum Gasteiger partial charge on any atom is 0.149 e. The van der Waals surface area contributed by atoms with E-state index < -0.39 is 32.8 Å². The van der Waals surface area contributed by atoms with Gasteiger partial charge in [0.2, 0.25) is 0 Å². The Hall–Kier alpha value is -7.04. The van der Waals surface area contributed by atoms with Crippen LogP contribution in [0.3, 0.4) is 0 Å². The van der Waals surface area contributed by atoms with E-state index in [-0.39, 0.29) is 22.0 Å². The second-order valence-electron chi connectivity index (χ2n) is 20.1. The van der Waals surface area contributed by atoms with Crippen molar-refractivity contribution in [1.82, 2.24) is 14.5 Å². The Morgan fingerprint density at radius 3 is 1.82 bits per heavy atom. The number of para-hydroxylation sites is 1. The number of nitrogens with zero attached hydrogens (tertiary/aromatic N) is 3. The average molecular weight is 904 g/mol. The predicted molar refractivity (Wildman–Crippen MR) is 288 cm³/mol. The molecule has 0 bridgehead atoms. The molecule has 0 saturated carbocycles. The smallest absolute Gasteiger partial charge is 0.149 e. The number of pyridine rings is 1. The molecule has 0 radical (unpaired) electrons. The fraction of sp³-hybridized carbons (Fsp3) is 0.250. The molecular weight excluding hydrogens is 827 g/mol. The van der Waals surface area contributed by atoms with E-state index in [1.54, 1.807) is 25.4 Å². The molecule has 0 aliphatic carbocycles. The van der Waals surface area contributed by atoms with Gasteiger partial charge in [-0.05, 0) is 164 Å².